The molecule has 2 N–H and O–H groups in total. The van der Waals surface area contributed by atoms with E-state index in [1.807, 2.05) is 182 Å². The van der Waals surface area contributed by atoms with Gasteiger partial charge < -0.3 is 24.9 Å². The second-order valence-corrected chi connectivity index (χ2v) is 19.3. The number of β-lactam (4-membered cyclic amide) rings is 1. The Labute approximate surface area is 422 Å². The third-order valence-electron chi connectivity index (χ3n) is 11.7. The van der Waals surface area contributed by atoms with Crippen LogP contribution in [0.25, 0.3) is 0 Å². The Morgan fingerprint density at radius 1 is 0.775 bits per heavy atom. The number of halogens is 1. The van der Waals surface area contributed by atoms with Gasteiger partial charge in [-0.2, -0.15) is 0 Å². The Morgan fingerprint density at radius 2 is 1.31 bits per heavy atom. The molecule has 2 amide bonds. The number of esters is 2. The molecular formula is C55H46FN5O7S3. The monoisotopic (exact) mass is 1000 g/mol. The number of nitrogens with one attached hydrogen (secondary N) is 2. The zero-order chi connectivity index (χ0) is 49.0. The number of thiazole rings is 1. The Morgan fingerprint density at radius 3 is 1.86 bits per heavy atom. The average Bonchev–Trinajstić information content (AvgIpc) is 3.89. The number of fused-ring (bicyclic) bond motifs is 1. The van der Waals surface area contributed by atoms with E-state index in [0.717, 1.165) is 45.1 Å². The number of carbonyl (C=O) groups is 4. The molecule has 1 aromatic heterocycles. The van der Waals surface area contributed by atoms with Crippen LogP contribution in [0.5, 0.6) is 0 Å². The van der Waals surface area contributed by atoms with E-state index >= 15 is 0 Å². The number of aromatic nitrogens is 1. The van der Waals surface area contributed by atoms with Gasteiger partial charge in [0.25, 0.3) is 11.8 Å². The van der Waals surface area contributed by atoms with Crippen molar-refractivity contribution in [2.75, 3.05) is 30.1 Å². The van der Waals surface area contributed by atoms with Gasteiger partial charge in [-0.25, -0.2) is 14.6 Å². The van der Waals surface area contributed by atoms with Gasteiger partial charge in [0, 0.05) is 21.8 Å². The van der Waals surface area contributed by atoms with Crippen molar-refractivity contribution in [2.45, 2.75) is 29.7 Å². The van der Waals surface area contributed by atoms with Crippen molar-refractivity contribution in [3.05, 3.63) is 237 Å². The van der Waals surface area contributed by atoms with Crippen molar-refractivity contribution in [1.29, 1.82) is 0 Å². The molecule has 16 heteroatoms. The minimum atomic E-state index is -1.12. The number of rotatable bonds is 20. The molecule has 1 saturated heterocycles. The zero-order valence-corrected chi connectivity index (χ0v) is 40.4. The maximum Gasteiger partial charge on any atom is 0.356 e. The smallest absolute Gasteiger partial charge is 0.356 e. The van der Waals surface area contributed by atoms with Gasteiger partial charge in [-0.15, -0.1) is 34.9 Å². The number of benzene rings is 6. The number of oxime groups is 1. The van der Waals surface area contributed by atoms with E-state index in [1.165, 1.54) is 28.0 Å². The van der Waals surface area contributed by atoms with Crippen molar-refractivity contribution in [2.24, 2.45) is 5.16 Å². The lowest BCUT2D eigenvalue weighted by molar-refractivity contribution is -0.154. The minimum absolute atomic E-state index is 0.000232. The van der Waals surface area contributed by atoms with Crippen LogP contribution in [0.1, 0.15) is 45.2 Å². The lowest BCUT2D eigenvalue weighted by Crippen LogP contribution is -2.71. The summed E-state index contributed by atoms with van der Waals surface area (Å²) < 4.78 is 25.2. The summed E-state index contributed by atoms with van der Waals surface area (Å²) >= 11 is 3.69. The molecule has 2 aliphatic rings. The van der Waals surface area contributed by atoms with Crippen molar-refractivity contribution < 1.29 is 37.9 Å². The molecule has 3 heterocycles. The molecule has 0 aliphatic carbocycles. The molecule has 0 saturated carbocycles. The van der Waals surface area contributed by atoms with E-state index in [4.69, 9.17) is 19.3 Å². The molecule has 358 valence electrons. The highest BCUT2D eigenvalue weighted by molar-refractivity contribution is 8.06. The molecule has 2 aliphatic heterocycles. The molecule has 2 atom stereocenters. The van der Waals surface area contributed by atoms with E-state index in [-0.39, 0.29) is 35.2 Å². The Kier molecular flexibility index (Phi) is 15.7. The summed E-state index contributed by atoms with van der Waals surface area (Å²) in [6.45, 7) is -1.28. The molecule has 0 unspecified atom stereocenters. The number of thioether (sulfide) groups is 2. The Hall–Kier alpha value is -7.53. The third-order valence-corrected chi connectivity index (χ3v) is 14.9. The van der Waals surface area contributed by atoms with Crippen LogP contribution in [-0.2, 0) is 45.6 Å². The minimum Gasteiger partial charge on any atom is -0.458 e. The second kappa shape index (κ2) is 22.9. The maximum atomic E-state index is 14.6. The lowest BCUT2D eigenvalue weighted by atomic mass is 9.77. The molecule has 0 radical (unpaired) electrons. The van der Waals surface area contributed by atoms with Gasteiger partial charge in [0.2, 0.25) is 6.61 Å². The van der Waals surface area contributed by atoms with Gasteiger partial charge in [0.1, 0.15) is 35.0 Å². The third kappa shape index (κ3) is 10.9. The van der Waals surface area contributed by atoms with E-state index in [9.17, 15) is 23.6 Å². The largest absolute Gasteiger partial charge is 0.458 e. The van der Waals surface area contributed by atoms with Crippen molar-refractivity contribution in [3.8, 4) is 0 Å². The van der Waals surface area contributed by atoms with Gasteiger partial charge in [0.15, 0.2) is 16.9 Å². The van der Waals surface area contributed by atoms with Crippen LogP contribution in [0.4, 0.5) is 9.52 Å². The van der Waals surface area contributed by atoms with Gasteiger partial charge in [-0.1, -0.05) is 187 Å². The molecule has 7 aromatic rings. The van der Waals surface area contributed by atoms with E-state index < -0.39 is 60.1 Å². The number of carbonyl (C=O) groups excluding carboxylic acids is 4. The van der Waals surface area contributed by atoms with Crippen LogP contribution in [0.3, 0.4) is 0 Å². The first-order valence-corrected chi connectivity index (χ1v) is 25.5. The molecule has 12 nitrogen and oxygen atoms in total. The molecule has 1 fully saturated rings. The number of amides is 2. The van der Waals surface area contributed by atoms with Crippen LogP contribution in [0.2, 0.25) is 0 Å². The summed E-state index contributed by atoms with van der Waals surface area (Å²) in [6.07, 6.45) is -0.810. The molecule has 71 heavy (non-hydrogen) atoms. The van der Waals surface area contributed by atoms with Crippen LogP contribution in [0.15, 0.2) is 203 Å². The number of alkyl halides is 1. The lowest BCUT2D eigenvalue weighted by Gasteiger charge is -2.49. The predicted molar refractivity (Wildman–Crippen MR) is 275 cm³/mol. The zero-order valence-electron chi connectivity index (χ0n) is 38.0. The van der Waals surface area contributed by atoms with Crippen LogP contribution in [0, 0.1) is 0 Å². The summed E-state index contributed by atoms with van der Waals surface area (Å²) in [5.74, 6) is -2.58. The quantitative estimate of drug-likeness (QED) is 0.0247. The van der Waals surface area contributed by atoms with Gasteiger partial charge in [-0.05, 0) is 33.4 Å². The topological polar surface area (TPSA) is 149 Å². The second-order valence-electron chi connectivity index (χ2n) is 16.1. The first kappa shape index (κ1) is 48.5. The van der Waals surface area contributed by atoms with E-state index in [1.54, 1.807) is 5.38 Å². The molecule has 9 rings (SSSR count). The van der Waals surface area contributed by atoms with E-state index in [0.29, 0.717) is 10.0 Å². The highest BCUT2D eigenvalue weighted by atomic mass is 32.2. The summed E-state index contributed by atoms with van der Waals surface area (Å²) in [6, 6.07) is 56.3. The fourth-order valence-electron chi connectivity index (χ4n) is 8.32. The van der Waals surface area contributed by atoms with E-state index in [2.05, 4.69) is 15.8 Å². The maximum absolute atomic E-state index is 14.6. The number of hydrogen-bond acceptors (Lipinski definition) is 13. The van der Waals surface area contributed by atoms with Crippen LogP contribution in [-0.4, -0.2) is 75.6 Å². The fourth-order valence-corrected chi connectivity index (χ4v) is 11.4. The summed E-state index contributed by atoms with van der Waals surface area (Å²) in [4.78, 5) is 68.3. The fraction of sp³-hybridized carbons (Fsp3) is 0.164. The molecule has 6 aromatic carbocycles. The Bertz CT molecular complexity index is 2870. The van der Waals surface area contributed by atoms with Crippen molar-refractivity contribution >= 4 is 69.5 Å². The van der Waals surface area contributed by atoms with Gasteiger partial charge in [0.05, 0.1) is 6.67 Å². The number of ether oxygens (including phenoxy) is 2. The van der Waals surface area contributed by atoms with Crippen molar-refractivity contribution in [1.82, 2.24) is 15.2 Å². The van der Waals surface area contributed by atoms with Crippen LogP contribution >= 0.6 is 34.9 Å². The summed E-state index contributed by atoms with van der Waals surface area (Å²) in [5.41, 5.74) is 3.82. The standard InChI is InChI=1S/C55H46FN5O7S3/c56-31-32-69-44-36-70-52-47(51(64)61(52)48(44)53(65)68-49(38-21-9-2-10-22-38)39-23-11-3-12-24-39)58-50(63)46(60-67-34-45(62)66-33-37-19-7-1-8-20-37)43-35-71-54(57-43)59-55(40-25-13-4-14-26-40,41-27-15-5-16-28-41)42-29-17-6-18-30-42/h1-30,35,47,49,52H,31-34,36H2,(H,57,59)(H,58,63)/b60-46-/t47-,52-/m1/s1. The number of anilines is 1. The molecule has 0 bridgehead atoms. The van der Waals surface area contributed by atoms with Crippen LogP contribution < -0.4 is 10.6 Å². The normalized spacial score (nSPS) is 15.6. The number of nitrogens with zero attached hydrogens (tertiary/aromatic N) is 3. The average molecular weight is 1000 g/mol. The summed E-state index contributed by atoms with van der Waals surface area (Å²) in [7, 11) is 0. The number of hydrogen-bond donors (Lipinski definition) is 2. The Balaban J connectivity index is 0.999. The molecular weight excluding hydrogens is 958 g/mol. The van der Waals surface area contributed by atoms with Gasteiger partial charge >= 0.3 is 11.9 Å². The highest BCUT2D eigenvalue weighted by Crippen LogP contribution is 2.45. The molecule has 0 spiro atoms. The predicted octanol–water partition coefficient (Wildman–Crippen LogP) is 9.66. The summed E-state index contributed by atoms with van der Waals surface area (Å²) in [5, 5.41) is 12.0. The first-order chi connectivity index (χ1) is 34.8. The highest BCUT2D eigenvalue weighted by Gasteiger charge is 2.55. The first-order valence-electron chi connectivity index (χ1n) is 22.6. The van der Waals surface area contributed by atoms with Gasteiger partial charge in [-0.3, -0.25) is 18.9 Å². The van der Waals surface area contributed by atoms with Crippen molar-refractivity contribution in [3.63, 3.8) is 0 Å². The SMILES string of the molecule is O=C(CO/N=C(\C(=O)N[C@@H]1C(=O)N2C(C(=O)OC(c3ccccc3)c3ccccc3)=C(SCCF)CS[C@H]12)c1csc(NC(c2ccccc2)(c2ccccc2)c2ccccc2)n1)OCc1ccccc1.